The highest BCUT2D eigenvalue weighted by Gasteiger charge is 2.53. The predicted octanol–water partition coefficient (Wildman–Crippen LogP) is 25.6. The van der Waals surface area contributed by atoms with Crippen molar-refractivity contribution in [3.63, 3.8) is 0 Å². The SMILES string of the molecule is C1CCOC1.COc1ccc(B(O)O)s1.C[Si](C)(C)O[Si](C)(CCCCCN1C(=O)C2=C(c3ccc(-c4ccc(C=O)s4)s3)N(CCCCC[Si](C)(O[Si](C)(C)C)O[Si](C)(C)C)C(=O)C2=C1c1cccs1)O[Si](C)(C)C.C[Si](C)(C)O[Si](C)(CCCCCN1C(=O)C2=C(c3ccc(Br)s3)N(CCCCC[Si](C)(O[Si](C)(C)C)O[Si](C)(C)C)C(=O)C2=C1c1cccs1)O[Si](C)(C)C. The van der Waals surface area contributed by atoms with E-state index in [1.54, 1.807) is 64.6 Å². The quantitative estimate of drug-likeness (QED) is 0.0205. The topological polar surface area (TPSA) is 231 Å². The molecule has 728 valence electrons. The van der Waals surface area contributed by atoms with E-state index >= 15 is 0 Å². The lowest BCUT2D eigenvalue weighted by Gasteiger charge is -2.38. The summed E-state index contributed by atoms with van der Waals surface area (Å²) in [6.07, 6.45) is 14.4. The summed E-state index contributed by atoms with van der Waals surface area (Å²) in [6, 6.07) is 27.0. The molecule has 11 heterocycles. The third kappa shape index (κ3) is 35.7. The molecule has 0 radical (unpaired) electrons. The minimum absolute atomic E-state index is 0.0640. The normalized spacial score (nSPS) is 15.9. The lowest BCUT2D eigenvalue weighted by atomic mass is 9.90. The highest BCUT2D eigenvalue weighted by Crippen LogP contribution is 2.52. The van der Waals surface area contributed by atoms with Crippen LogP contribution in [0.1, 0.15) is 119 Å². The molecule has 21 nitrogen and oxygen atoms in total. The second kappa shape index (κ2) is 48.1. The Bertz CT molecular complexity index is 4830. The molecule has 0 saturated carbocycles. The smallest absolute Gasteiger partial charge is 0.487 e. The van der Waals surface area contributed by atoms with Gasteiger partial charge in [-0.1, -0.05) is 63.5 Å². The minimum Gasteiger partial charge on any atom is -0.487 e. The van der Waals surface area contributed by atoms with Gasteiger partial charge in [0.2, 0.25) is 0 Å². The molecule has 5 aliphatic rings. The molecular formula is C90H152BBrN4O17S6Si12. The van der Waals surface area contributed by atoms with Gasteiger partial charge in [0, 0.05) is 53.9 Å². The lowest BCUT2D eigenvalue weighted by molar-refractivity contribution is -0.124. The molecule has 1 fully saturated rings. The van der Waals surface area contributed by atoms with Gasteiger partial charge in [-0.25, -0.2) is 0 Å². The van der Waals surface area contributed by atoms with Crippen LogP contribution in [-0.2, 0) is 56.8 Å². The monoisotopic (exact) mass is 2180 g/mol. The van der Waals surface area contributed by atoms with E-state index in [1.807, 2.05) is 91.0 Å². The molecule has 41 heteroatoms. The number of carbonyl (C=O) groups is 5. The predicted molar refractivity (Wildman–Crippen MR) is 586 cm³/mol. The van der Waals surface area contributed by atoms with Crippen molar-refractivity contribution >= 4 is 249 Å². The molecule has 131 heavy (non-hydrogen) atoms. The number of hydrogen-bond acceptors (Lipinski definition) is 23. The van der Waals surface area contributed by atoms with Crippen LogP contribution in [0.3, 0.4) is 0 Å². The van der Waals surface area contributed by atoms with Crippen molar-refractivity contribution in [3.8, 4) is 14.8 Å². The third-order valence-electron chi connectivity index (χ3n) is 20.6. The van der Waals surface area contributed by atoms with Crippen molar-refractivity contribution in [1.82, 2.24) is 19.6 Å². The number of fused-ring (bicyclic) bond motifs is 2. The molecule has 6 aromatic rings. The Morgan fingerprint density at radius 2 is 0.649 bits per heavy atom. The Kier molecular flexibility index (Phi) is 41.7. The Morgan fingerprint density at radius 1 is 0.359 bits per heavy atom. The van der Waals surface area contributed by atoms with E-state index in [9.17, 15) is 24.0 Å². The number of halogens is 1. The largest absolute Gasteiger partial charge is 0.499 e. The summed E-state index contributed by atoms with van der Waals surface area (Å²) in [7, 11) is -23.6. The minimum atomic E-state index is -2.38. The first-order valence-electron chi connectivity index (χ1n) is 46.6. The maximum atomic E-state index is 14.9. The first-order chi connectivity index (χ1) is 60.6. The highest BCUT2D eigenvalue weighted by atomic mass is 79.9. The maximum absolute atomic E-state index is 14.9. The van der Waals surface area contributed by atoms with Gasteiger partial charge in [-0.2, -0.15) is 0 Å². The number of hydrogen-bond donors (Lipinski definition) is 2. The first-order valence-corrected chi connectivity index (χ1v) is 89.8. The zero-order chi connectivity index (χ0) is 97.5. The molecule has 2 N–H and O–H groups in total. The number of rotatable bonds is 48. The fraction of sp³-hybridized carbons (Fsp3) is 0.589. The van der Waals surface area contributed by atoms with Gasteiger partial charge in [0.05, 0.1) is 80.4 Å². The summed E-state index contributed by atoms with van der Waals surface area (Å²) in [5.74, 6) is -0.330. The molecule has 6 aromatic heterocycles. The number of unbranched alkanes of at least 4 members (excludes halogenated alkanes) is 8. The van der Waals surface area contributed by atoms with Gasteiger partial charge in [0.15, 0.2) is 77.9 Å². The lowest BCUT2D eigenvalue weighted by Crippen LogP contribution is -2.52. The number of methoxy groups -OCH3 is 1. The highest BCUT2D eigenvalue weighted by molar-refractivity contribution is 9.11. The average Bonchev–Trinajstić information content (AvgIpc) is 1.56. The zero-order valence-electron chi connectivity index (χ0n) is 83.8. The Balaban J connectivity index is 0.000000278. The standard InChI is InChI=1S/C43H70N2O7S3Si6.C38H67BrN2O6S2Si6.C5H7BO3S.C4H8O/c1-56(2,3)49-60(13,50-57(4,5)6)30-19-15-17-27-44-40(36-22-21-29-53-36)38-39(43(44)48)41(37-26-25-35(55-37)34-24-23-33(32-46)54-34)45(42(38)47)28-18-16-20-31-61(14,51-58(7,8)9)52-59(10,11)12;1-50(2,3)44-54(13,45-51(4,5)6)28-19-15-17-25-40-35(30-22-21-27-48-30)33-34(38(40)43)36(31-23-24-32(39)49-31)41(37(33)42)26-18-16-20-29-55(14,46-52(7,8)9)47-53(10,11)12;1-9-5-3-2-4(10-5)6(7)8;1-2-4-5-3-1/h21-26,29,32H,15-20,27-28,30-31H2,1-14H3;21-24,27H,15-20,25-26,28-29H2,1-14H3;2-3,7-8H,1H3;1-4H2. The summed E-state index contributed by atoms with van der Waals surface area (Å²) in [4.78, 5) is 84.6. The van der Waals surface area contributed by atoms with Crippen LogP contribution >= 0.6 is 84.0 Å². The summed E-state index contributed by atoms with van der Waals surface area (Å²) in [5.41, 5.74) is 5.14. The number of thiophene rings is 6. The number of carbonyl (C=O) groups excluding carboxylic acids is 5. The van der Waals surface area contributed by atoms with E-state index in [0.717, 1.165) is 171 Å². The van der Waals surface area contributed by atoms with Crippen LogP contribution in [0.15, 0.2) is 110 Å². The molecule has 11 rings (SSSR count). The Morgan fingerprint density at radius 3 is 0.885 bits per heavy atom. The van der Waals surface area contributed by atoms with E-state index in [1.165, 1.54) is 35.5 Å². The fourth-order valence-corrected chi connectivity index (χ4v) is 73.6. The van der Waals surface area contributed by atoms with Crippen LogP contribution in [0.2, 0.25) is 207 Å². The number of aldehydes is 1. The van der Waals surface area contributed by atoms with Crippen molar-refractivity contribution in [1.29, 1.82) is 0 Å². The van der Waals surface area contributed by atoms with Gasteiger partial charge >= 0.3 is 41.4 Å². The van der Waals surface area contributed by atoms with E-state index in [0.29, 0.717) is 68.9 Å². The van der Waals surface area contributed by atoms with Gasteiger partial charge in [-0.15, -0.1) is 68.0 Å². The average molecular weight is 2180 g/mol. The van der Waals surface area contributed by atoms with Crippen LogP contribution in [0.4, 0.5) is 0 Å². The molecule has 0 spiro atoms. The van der Waals surface area contributed by atoms with E-state index in [4.69, 9.17) is 52.4 Å². The van der Waals surface area contributed by atoms with Gasteiger partial charge in [-0.3, -0.25) is 24.0 Å². The zero-order valence-corrected chi connectivity index (χ0v) is 102. The van der Waals surface area contributed by atoms with Crippen LogP contribution in [-0.4, -0.2) is 214 Å². The van der Waals surface area contributed by atoms with Gasteiger partial charge < -0.3 is 72.0 Å². The summed E-state index contributed by atoms with van der Waals surface area (Å²) in [5, 5.41) is 22.0. The molecule has 5 aliphatic heterocycles. The molecule has 4 amide bonds. The van der Waals surface area contributed by atoms with E-state index < -0.39 is 108 Å². The fourth-order valence-electron chi connectivity index (χ4n) is 17.4. The van der Waals surface area contributed by atoms with Crippen molar-refractivity contribution < 1.29 is 76.4 Å². The van der Waals surface area contributed by atoms with Crippen molar-refractivity contribution in [2.45, 2.75) is 297 Å². The van der Waals surface area contributed by atoms with Crippen LogP contribution < -0.4 is 9.51 Å². The summed E-state index contributed by atoms with van der Waals surface area (Å²) < 4.78 is 65.3. The molecule has 0 bridgehead atoms. The summed E-state index contributed by atoms with van der Waals surface area (Å²) in [6.45, 7) is 66.9. The molecule has 1 saturated heterocycles. The molecule has 0 aromatic carbocycles. The Labute approximate surface area is 830 Å². The first kappa shape index (κ1) is 113. The summed E-state index contributed by atoms with van der Waals surface area (Å²) >= 11 is 12.6. The second-order valence-corrected chi connectivity index (χ2v) is 102. The van der Waals surface area contributed by atoms with Crippen LogP contribution in [0.5, 0.6) is 5.06 Å². The molecule has 0 atom stereocenters. The van der Waals surface area contributed by atoms with E-state index in [2.05, 4.69) is 199 Å². The van der Waals surface area contributed by atoms with Crippen molar-refractivity contribution in [3.05, 3.63) is 134 Å². The molecule has 0 unspecified atom stereocenters. The number of nitrogens with zero attached hydrogens (tertiary/aromatic N) is 4. The second-order valence-electron chi connectivity index (χ2n) is 42.8. The van der Waals surface area contributed by atoms with Crippen LogP contribution in [0.25, 0.3) is 32.5 Å². The molecular weight excluding hydrogens is 2030 g/mol. The van der Waals surface area contributed by atoms with Gasteiger partial charge in [0.25, 0.3) is 23.6 Å². The Hall–Kier alpha value is -2.78. The number of amides is 4. The van der Waals surface area contributed by atoms with Crippen molar-refractivity contribution in [2.24, 2.45) is 0 Å². The third-order valence-corrected chi connectivity index (χ3v) is 65.8. The van der Waals surface area contributed by atoms with Crippen molar-refractivity contribution in [2.75, 3.05) is 46.5 Å². The maximum Gasteiger partial charge on any atom is 0.499 e. The van der Waals surface area contributed by atoms with Gasteiger partial charge in [-0.05, 0) is 333 Å². The van der Waals surface area contributed by atoms with Gasteiger partial charge in [0.1, 0.15) is 0 Å². The van der Waals surface area contributed by atoms with Crippen LogP contribution in [0, 0.1) is 0 Å². The molecule has 0 aliphatic carbocycles. The number of ether oxygens (including phenoxy) is 2. The van der Waals surface area contributed by atoms with E-state index in [-0.39, 0.29) is 23.6 Å².